The van der Waals surface area contributed by atoms with Crippen molar-refractivity contribution in [3.63, 3.8) is 0 Å². The molecule has 23 heavy (non-hydrogen) atoms. The van der Waals surface area contributed by atoms with Crippen LogP contribution >= 0.6 is 11.3 Å². The number of ether oxygens (including phenoxy) is 2. The summed E-state index contributed by atoms with van der Waals surface area (Å²) in [4.78, 5) is 17.3. The first-order valence-corrected chi connectivity index (χ1v) is 8.19. The average molecular weight is 334 g/mol. The first-order valence-electron chi connectivity index (χ1n) is 7.31. The van der Waals surface area contributed by atoms with Gasteiger partial charge in [0.1, 0.15) is 10.8 Å². The van der Waals surface area contributed by atoms with E-state index >= 15 is 0 Å². The number of rotatable bonds is 5. The molecule has 0 bridgehead atoms. The lowest BCUT2D eigenvalue weighted by atomic mass is 10.1. The molecule has 3 rings (SSSR count). The maximum absolute atomic E-state index is 10.9. The van der Waals surface area contributed by atoms with Crippen molar-refractivity contribution in [1.29, 1.82) is 0 Å². The molecule has 1 saturated heterocycles. The minimum atomic E-state index is -0.983. The number of carbonyl (C=O) groups is 1. The van der Waals surface area contributed by atoms with Crippen molar-refractivity contribution in [3.05, 3.63) is 45.9 Å². The number of aromatic carboxylic acids is 1. The first-order chi connectivity index (χ1) is 11.2. The van der Waals surface area contributed by atoms with Crippen LogP contribution in [-0.2, 0) is 11.3 Å². The minimum Gasteiger partial charge on any atom is -0.497 e. The van der Waals surface area contributed by atoms with Crippen molar-refractivity contribution in [1.82, 2.24) is 9.88 Å². The van der Waals surface area contributed by atoms with Crippen LogP contribution in [0, 0.1) is 0 Å². The highest BCUT2D eigenvalue weighted by molar-refractivity contribution is 7.09. The van der Waals surface area contributed by atoms with Gasteiger partial charge in [0.25, 0.3) is 0 Å². The van der Waals surface area contributed by atoms with Gasteiger partial charge < -0.3 is 14.6 Å². The second-order valence-corrected chi connectivity index (χ2v) is 6.25. The summed E-state index contributed by atoms with van der Waals surface area (Å²) in [7, 11) is 1.65. The predicted octanol–water partition coefficient (Wildman–Crippen LogP) is 2.42. The fraction of sp³-hybridized carbons (Fsp3) is 0.375. The Morgan fingerprint density at radius 2 is 2.43 bits per heavy atom. The standard InChI is InChI=1S/C16H18N2O4S/c1-21-12-4-2-3-11(7-12)14-8-18(5-6-22-14)9-15-17-13(10-23-15)16(19)20/h2-4,7,10,14H,5-6,8-9H2,1H3,(H,19,20). The van der Waals surface area contributed by atoms with Crippen molar-refractivity contribution in [2.45, 2.75) is 12.6 Å². The zero-order valence-corrected chi connectivity index (χ0v) is 13.6. The van der Waals surface area contributed by atoms with Gasteiger partial charge in [-0.1, -0.05) is 12.1 Å². The van der Waals surface area contributed by atoms with Crippen molar-refractivity contribution in [2.24, 2.45) is 0 Å². The van der Waals surface area contributed by atoms with Gasteiger partial charge in [-0.2, -0.15) is 0 Å². The molecule has 0 aliphatic carbocycles. The maximum Gasteiger partial charge on any atom is 0.355 e. The van der Waals surface area contributed by atoms with Gasteiger partial charge in [-0.05, 0) is 17.7 Å². The molecule has 2 aromatic rings. The molecule has 0 spiro atoms. The molecule has 1 aliphatic heterocycles. The molecule has 1 aromatic heterocycles. The number of morpholine rings is 1. The van der Waals surface area contributed by atoms with Gasteiger partial charge in [0.15, 0.2) is 5.69 Å². The van der Waals surface area contributed by atoms with E-state index < -0.39 is 5.97 Å². The molecular weight excluding hydrogens is 316 g/mol. The predicted molar refractivity (Wildman–Crippen MR) is 86.0 cm³/mol. The summed E-state index contributed by atoms with van der Waals surface area (Å²) >= 11 is 1.38. The number of benzene rings is 1. The van der Waals surface area contributed by atoms with Gasteiger partial charge in [-0.3, -0.25) is 4.90 Å². The Bertz CT molecular complexity index is 688. The molecule has 0 radical (unpaired) electrons. The molecule has 1 fully saturated rings. The van der Waals surface area contributed by atoms with Crippen LogP contribution in [0.4, 0.5) is 0 Å². The third-order valence-electron chi connectivity index (χ3n) is 3.75. The molecule has 2 heterocycles. The van der Waals surface area contributed by atoms with Gasteiger partial charge in [-0.25, -0.2) is 9.78 Å². The van der Waals surface area contributed by atoms with Crippen molar-refractivity contribution < 1.29 is 19.4 Å². The molecule has 1 aromatic carbocycles. The molecular formula is C16H18N2O4S. The number of nitrogens with zero attached hydrogens (tertiary/aromatic N) is 2. The van der Waals surface area contributed by atoms with Crippen LogP contribution in [0.25, 0.3) is 0 Å². The van der Waals surface area contributed by atoms with Crippen LogP contribution in [0.3, 0.4) is 0 Å². The number of methoxy groups -OCH3 is 1. The highest BCUT2D eigenvalue weighted by Gasteiger charge is 2.23. The van der Waals surface area contributed by atoms with E-state index in [9.17, 15) is 4.79 Å². The van der Waals surface area contributed by atoms with E-state index in [1.165, 1.54) is 11.3 Å². The molecule has 7 heteroatoms. The quantitative estimate of drug-likeness (QED) is 0.905. The maximum atomic E-state index is 10.9. The Morgan fingerprint density at radius 3 is 3.17 bits per heavy atom. The molecule has 1 atom stereocenters. The van der Waals surface area contributed by atoms with Crippen LogP contribution in [0.2, 0.25) is 0 Å². The second kappa shape index (κ2) is 7.08. The Morgan fingerprint density at radius 1 is 1.57 bits per heavy atom. The Hall–Kier alpha value is -1.96. The molecule has 1 unspecified atom stereocenters. The van der Waals surface area contributed by atoms with Crippen molar-refractivity contribution in [2.75, 3.05) is 26.8 Å². The lowest BCUT2D eigenvalue weighted by Gasteiger charge is -2.32. The summed E-state index contributed by atoms with van der Waals surface area (Å²) in [6.07, 6.45) is -0.0160. The number of hydrogen-bond acceptors (Lipinski definition) is 6. The number of carboxylic acids is 1. The third kappa shape index (κ3) is 3.87. The summed E-state index contributed by atoms with van der Waals surface area (Å²) in [5, 5.41) is 11.3. The fourth-order valence-electron chi connectivity index (χ4n) is 2.56. The topological polar surface area (TPSA) is 71.9 Å². The van der Waals surface area contributed by atoms with Gasteiger partial charge >= 0.3 is 5.97 Å². The number of thiazole rings is 1. The van der Waals surface area contributed by atoms with Gasteiger partial charge in [-0.15, -0.1) is 11.3 Å². The van der Waals surface area contributed by atoms with Crippen LogP contribution in [0.5, 0.6) is 5.75 Å². The Kier molecular flexibility index (Phi) is 4.90. The number of hydrogen-bond donors (Lipinski definition) is 1. The first kappa shape index (κ1) is 15.9. The van der Waals surface area contributed by atoms with Gasteiger partial charge in [0.2, 0.25) is 0 Å². The summed E-state index contributed by atoms with van der Waals surface area (Å²) in [6.45, 7) is 2.83. The molecule has 1 aliphatic rings. The van der Waals surface area contributed by atoms with Crippen molar-refractivity contribution in [3.8, 4) is 5.75 Å². The van der Waals surface area contributed by atoms with Gasteiger partial charge in [0, 0.05) is 18.5 Å². The highest BCUT2D eigenvalue weighted by atomic mass is 32.1. The van der Waals surface area contributed by atoms with Crippen LogP contribution in [0.1, 0.15) is 27.2 Å². The Balaban J connectivity index is 1.66. The van der Waals surface area contributed by atoms with Crippen molar-refractivity contribution >= 4 is 17.3 Å². The minimum absolute atomic E-state index is 0.0160. The van der Waals surface area contributed by atoms with Crippen LogP contribution < -0.4 is 4.74 Å². The monoisotopic (exact) mass is 334 g/mol. The highest BCUT2D eigenvalue weighted by Crippen LogP contribution is 2.26. The van der Waals surface area contributed by atoms with E-state index in [-0.39, 0.29) is 11.8 Å². The van der Waals surface area contributed by atoms with Crippen LogP contribution in [-0.4, -0.2) is 47.8 Å². The SMILES string of the molecule is COc1cccc(C2CN(Cc3nc(C(=O)O)cs3)CCO2)c1. The second-order valence-electron chi connectivity index (χ2n) is 5.30. The Labute approximate surface area is 138 Å². The van der Waals surface area contributed by atoms with Gasteiger partial charge in [0.05, 0.1) is 26.4 Å². The molecule has 0 saturated carbocycles. The number of carboxylic acid groups (broad SMARTS) is 1. The van der Waals surface area contributed by atoms with E-state index in [0.717, 1.165) is 29.4 Å². The third-order valence-corrected chi connectivity index (χ3v) is 4.58. The largest absolute Gasteiger partial charge is 0.497 e. The van der Waals surface area contributed by atoms with E-state index in [2.05, 4.69) is 9.88 Å². The lowest BCUT2D eigenvalue weighted by Crippen LogP contribution is -2.37. The normalized spacial score (nSPS) is 18.7. The molecule has 122 valence electrons. The summed E-state index contributed by atoms with van der Waals surface area (Å²) in [5.74, 6) is -0.169. The zero-order valence-electron chi connectivity index (χ0n) is 12.8. The fourth-order valence-corrected chi connectivity index (χ4v) is 3.37. The van der Waals surface area contributed by atoms with Crippen LogP contribution in [0.15, 0.2) is 29.6 Å². The molecule has 0 amide bonds. The van der Waals surface area contributed by atoms with E-state index in [1.807, 2.05) is 24.3 Å². The van der Waals surface area contributed by atoms with E-state index in [1.54, 1.807) is 12.5 Å². The van der Waals surface area contributed by atoms with E-state index in [4.69, 9.17) is 14.6 Å². The molecule has 6 nitrogen and oxygen atoms in total. The summed E-state index contributed by atoms with van der Waals surface area (Å²) in [6, 6.07) is 7.88. The number of aromatic nitrogens is 1. The summed E-state index contributed by atoms with van der Waals surface area (Å²) in [5.41, 5.74) is 1.20. The lowest BCUT2D eigenvalue weighted by molar-refractivity contribution is -0.0330. The van der Waals surface area contributed by atoms with E-state index in [0.29, 0.717) is 13.2 Å². The molecule has 1 N–H and O–H groups in total. The smallest absolute Gasteiger partial charge is 0.355 e. The summed E-state index contributed by atoms with van der Waals surface area (Å²) < 4.78 is 11.1. The average Bonchev–Trinajstić information content (AvgIpc) is 3.04. The zero-order chi connectivity index (χ0) is 16.2.